The summed E-state index contributed by atoms with van der Waals surface area (Å²) in [4.78, 5) is 19.1. The van der Waals surface area contributed by atoms with Crippen LogP contribution < -0.4 is 15.5 Å². The van der Waals surface area contributed by atoms with Gasteiger partial charge in [-0.2, -0.15) is 0 Å². The summed E-state index contributed by atoms with van der Waals surface area (Å²) in [7, 11) is 0. The summed E-state index contributed by atoms with van der Waals surface area (Å²) >= 11 is 6.07. The van der Waals surface area contributed by atoms with E-state index >= 15 is 0 Å². The van der Waals surface area contributed by atoms with Gasteiger partial charge in [0.25, 0.3) is 5.91 Å². The quantitative estimate of drug-likeness (QED) is 0.908. The third-order valence-corrected chi connectivity index (χ3v) is 4.39. The molecule has 1 atom stereocenters. The van der Waals surface area contributed by atoms with Crippen LogP contribution in [0.2, 0.25) is 5.02 Å². The van der Waals surface area contributed by atoms with E-state index in [1.54, 1.807) is 6.20 Å². The highest BCUT2D eigenvalue weighted by atomic mass is 35.5. The molecule has 2 heterocycles. The van der Waals surface area contributed by atoms with Crippen molar-refractivity contribution in [3.63, 3.8) is 0 Å². The van der Waals surface area contributed by atoms with Gasteiger partial charge < -0.3 is 10.6 Å². The van der Waals surface area contributed by atoms with Crippen LogP contribution in [0.5, 0.6) is 0 Å². The summed E-state index contributed by atoms with van der Waals surface area (Å²) in [6.45, 7) is 1.98. The van der Waals surface area contributed by atoms with Gasteiger partial charge >= 0.3 is 0 Å². The molecule has 1 amide bonds. The Labute approximate surface area is 139 Å². The van der Waals surface area contributed by atoms with Crippen molar-refractivity contribution in [2.45, 2.75) is 32.0 Å². The zero-order valence-corrected chi connectivity index (χ0v) is 13.5. The van der Waals surface area contributed by atoms with Crippen LogP contribution in [-0.2, 0) is 4.79 Å². The summed E-state index contributed by atoms with van der Waals surface area (Å²) < 4.78 is 0. The van der Waals surface area contributed by atoms with Gasteiger partial charge in [-0.1, -0.05) is 11.6 Å². The first-order valence-corrected chi connectivity index (χ1v) is 8.08. The molecule has 0 bridgehead atoms. The maximum atomic E-state index is 12.7. The SMILES string of the molecule is Cc1cc(Cl)ccc1N1c2ncccc2NC1C(=O)NC1CC1. The van der Waals surface area contributed by atoms with Crippen molar-refractivity contribution in [3.8, 4) is 0 Å². The summed E-state index contributed by atoms with van der Waals surface area (Å²) in [5, 5.41) is 7.02. The summed E-state index contributed by atoms with van der Waals surface area (Å²) in [5.74, 6) is 0.730. The first-order chi connectivity index (χ1) is 11.1. The van der Waals surface area contributed by atoms with E-state index in [1.165, 1.54) is 0 Å². The Morgan fingerprint density at radius 1 is 1.39 bits per heavy atom. The van der Waals surface area contributed by atoms with E-state index < -0.39 is 6.17 Å². The number of nitrogens with one attached hydrogen (secondary N) is 2. The molecule has 0 spiro atoms. The Morgan fingerprint density at radius 2 is 2.22 bits per heavy atom. The summed E-state index contributed by atoms with van der Waals surface area (Å²) in [5.41, 5.74) is 2.79. The molecule has 23 heavy (non-hydrogen) atoms. The predicted molar refractivity (Wildman–Crippen MR) is 91.1 cm³/mol. The van der Waals surface area contributed by atoms with Gasteiger partial charge in [-0.15, -0.1) is 0 Å². The zero-order chi connectivity index (χ0) is 16.0. The van der Waals surface area contributed by atoms with Crippen LogP contribution in [0.15, 0.2) is 36.5 Å². The Morgan fingerprint density at radius 3 is 2.96 bits per heavy atom. The second-order valence-electron chi connectivity index (χ2n) is 6.01. The van der Waals surface area contributed by atoms with Crippen LogP contribution in [0.4, 0.5) is 17.2 Å². The number of carbonyl (C=O) groups is 1. The average Bonchev–Trinajstić information content (AvgIpc) is 3.25. The zero-order valence-electron chi connectivity index (χ0n) is 12.7. The van der Waals surface area contributed by atoms with Crippen molar-refractivity contribution in [3.05, 3.63) is 47.1 Å². The molecule has 0 radical (unpaired) electrons. The molecule has 1 aromatic carbocycles. The van der Waals surface area contributed by atoms with E-state index in [4.69, 9.17) is 11.6 Å². The number of fused-ring (bicyclic) bond motifs is 1. The number of hydrogen-bond acceptors (Lipinski definition) is 4. The Bertz CT molecular complexity index is 775. The third kappa shape index (κ3) is 2.61. The number of rotatable bonds is 3. The molecule has 4 rings (SSSR count). The van der Waals surface area contributed by atoms with Gasteiger partial charge in [-0.25, -0.2) is 4.98 Å². The first-order valence-electron chi connectivity index (χ1n) is 7.71. The van der Waals surface area contributed by atoms with Crippen molar-refractivity contribution in [1.29, 1.82) is 0 Å². The van der Waals surface area contributed by atoms with Crippen LogP contribution in [-0.4, -0.2) is 23.1 Å². The normalized spacial score (nSPS) is 19.2. The van der Waals surface area contributed by atoms with E-state index in [1.807, 2.05) is 42.2 Å². The standard InChI is InChI=1S/C17H17ClN4O/c1-10-9-11(18)4-7-14(10)22-15-13(3-2-8-19-15)21-16(22)17(23)20-12-5-6-12/h2-4,7-9,12,16,21H,5-6H2,1H3,(H,20,23). The van der Waals surface area contributed by atoms with E-state index in [0.29, 0.717) is 11.1 Å². The number of carbonyl (C=O) groups excluding carboxylic acids is 1. The van der Waals surface area contributed by atoms with Crippen LogP contribution in [0.25, 0.3) is 0 Å². The lowest BCUT2D eigenvalue weighted by molar-refractivity contribution is -0.121. The fourth-order valence-electron chi connectivity index (χ4n) is 2.87. The molecule has 1 unspecified atom stereocenters. The van der Waals surface area contributed by atoms with Gasteiger partial charge in [0.05, 0.1) is 5.69 Å². The second kappa shape index (κ2) is 5.42. The minimum Gasteiger partial charge on any atom is -0.354 e. The van der Waals surface area contributed by atoms with E-state index in [2.05, 4.69) is 15.6 Å². The number of aromatic nitrogens is 1. The maximum absolute atomic E-state index is 12.7. The maximum Gasteiger partial charge on any atom is 0.264 e. The van der Waals surface area contributed by atoms with Crippen molar-refractivity contribution >= 4 is 34.7 Å². The van der Waals surface area contributed by atoms with Crippen molar-refractivity contribution in [2.24, 2.45) is 0 Å². The molecule has 0 saturated heterocycles. The number of amides is 1. The number of halogens is 1. The Balaban J connectivity index is 1.75. The smallest absolute Gasteiger partial charge is 0.264 e. The molecule has 1 aliphatic carbocycles. The molecule has 2 N–H and O–H groups in total. The Kier molecular flexibility index (Phi) is 3.38. The van der Waals surface area contributed by atoms with Crippen molar-refractivity contribution < 1.29 is 4.79 Å². The molecule has 2 aromatic rings. The molecular weight excluding hydrogens is 312 g/mol. The van der Waals surface area contributed by atoms with Crippen LogP contribution in [0.1, 0.15) is 18.4 Å². The minimum absolute atomic E-state index is 0.0279. The largest absolute Gasteiger partial charge is 0.354 e. The first kappa shape index (κ1) is 14.3. The lowest BCUT2D eigenvalue weighted by Gasteiger charge is -2.26. The fraction of sp³-hybridized carbons (Fsp3) is 0.294. The highest BCUT2D eigenvalue weighted by Crippen LogP contribution is 2.40. The molecule has 118 valence electrons. The number of aryl methyl sites for hydroxylation is 1. The molecule has 6 heteroatoms. The summed E-state index contributed by atoms with van der Waals surface area (Å²) in [6, 6.07) is 9.77. The van der Waals surface area contributed by atoms with Gasteiger partial charge in [-0.05, 0) is 55.7 Å². The lowest BCUT2D eigenvalue weighted by Crippen LogP contribution is -2.47. The Hall–Kier alpha value is -2.27. The fourth-order valence-corrected chi connectivity index (χ4v) is 3.10. The topological polar surface area (TPSA) is 57.3 Å². The number of benzene rings is 1. The van der Waals surface area contributed by atoms with Crippen LogP contribution in [0.3, 0.4) is 0 Å². The van der Waals surface area contributed by atoms with Gasteiger partial charge in [0.15, 0.2) is 12.0 Å². The van der Waals surface area contributed by atoms with Gasteiger partial charge in [0, 0.05) is 22.9 Å². The summed E-state index contributed by atoms with van der Waals surface area (Å²) in [6.07, 6.45) is 3.35. The molecular formula is C17H17ClN4O. The molecule has 1 aromatic heterocycles. The third-order valence-electron chi connectivity index (χ3n) is 4.16. The van der Waals surface area contributed by atoms with E-state index in [-0.39, 0.29) is 5.91 Å². The predicted octanol–water partition coefficient (Wildman–Crippen LogP) is 3.21. The number of anilines is 3. The number of hydrogen-bond donors (Lipinski definition) is 2. The van der Waals surface area contributed by atoms with Crippen LogP contribution in [0, 0.1) is 6.92 Å². The van der Waals surface area contributed by atoms with Crippen molar-refractivity contribution in [1.82, 2.24) is 10.3 Å². The molecule has 1 aliphatic heterocycles. The van der Waals surface area contributed by atoms with Crippen molar-refractivity contribution in [2.75, 3.05) is 10.2 Å². The number of nitrogens with zero attached hydrogens (tertiary/aromatic N) is 2. The van der Waals surface area contributed by atoms with E-state index in [9.17, 15) is 4.79 Å². The monoisotopic (exact) mass is 328 g/mol. The second-order valence-corrected chi connectivity index (χ2v) is 6.44. The highest BCUT2D eigenvalue weighted by molar-refractivity contribution is 6.30. The van der Waals surface area contributed by atoms with Gasteiger partial charge in [0.2, 0.25) is 0 Å². The van der Waals surface area contributed by atoms with E-state index in [0.717, 1.165) is 35.6 Å². The highest BCUT2D eigenvalue weighted by Gasteiger charge is 2.38. The molecule has 1 fully saturated rings. The molecule has 5 nitrogen and oxygen atoms in total. The lowest BCUT2D eigenvalue weighted by atomic mass is 10.1. The molecule has 1 saturated carbocycles. The van der Waals surface area contributed by atoms with Gasteiger partial charge in [-0.3, -0.25) is 9.69 Å². The van der Waals surface area contributed by atoms with Gasteiger partial charge in [0.1, 0.15) is 0 Å². The van der Waals surface area contributed by atoms with Crippen LogP contribution >= 0.6 is 11.6 Å². The molecule has 2 aliphatic rings. The number of pyridine rings is 1. The minimum atomic E-state index is -0.500. The average molecular weight is 329 g/mol.